The van der Waals surface area contributed by atoms with Gasteiger partial charge in [0.25, 0.3) is 0 Å². The van der Waals surface area contributed by atoms with Crippen LogP contribution in [0.5, 0.6) is 0 Å². The van der Waals surface area contributed by atoms with E-state index in [-0.39, 0.29) is 5.91 Å². The van der Waals surface area contributed by atoms with Crippen molar-refractivity contribution in [3.8, 4) is 0 Å². The number of carbonyl (C=O) groups is 1. The van der Waals surface area contributed by atoms with Crippen LogP contribution in [0.4, 0.5) is 0 Å². The van der Waals surface area contributed by atoms with E-state index < -0.39 is 0 Å². The minimum absolute atomic E-state index is 0.288. The van der Waals surface area contributed by atoms with Crippen LogP contribution in [0.2, 0.25) is 0 Å². The molecule has 6 heteroatoms. The number of rotatable bonds is 6. The first kappa shape index (κ1) is 16.2. The predicted octanol–water partition coefficient (Wildman–Crippen LogP) is 3.56. The first-order valence-corrected chi connectivity index (χ1v) is 9.20. The largest absolute Gasteiger partial charge is 0.425 e. The van der Waals surface area contributed by atoms with E-state index in [2.05, 4.69) is 27.7 Å². The third-order valence-corrected chi connectivity index (χ3v) is 5.32. The number of hydrogen-bond donors (Lipinski definition) is 0. The van der Waals surface area contributed by atoms with Crippen molar-refractivity contribution in [2.24, 2.45) is 0 Å². The number of thiophene rings is 1. The van der Waals surface area contributed by atoms with Gasteiger partial charge in [-0.25, -0.2) is 0 Å². The molecule has 124 valence electrons. The molecule has 1 fully saturated rings. The van der Waals surface area contributed by atoms with Crippen molar-refractivity contribution in [1.29, 1.82) is 0 Å². The van der Waals surface area contributed by atoms with E-state index in [1.54, 1.807) is 11.3 Å². The summed E-state index contributed by atoms with van der Waals surface area (Å²) in [6.07, 6.45) is 5.65. The van der Waals surface area contributed by atoms with Crippen molar-refractivity contribution in [3.05, 3.63) is 34.2 Å². The Morgan fingerprint density at radius 1 is 1.35 bits per heavy atom. The standard InChI is InChI=1S/C17H23N3O2S/c1-13-18-19-17(22-13)14-8-10-20(11-9-14)16(21)7-3-2-5-15-6-4-12-23-15/h4,6,12,14H,2-3,5,7-11H2,1H3. The molecule has 3 rings (SSSR count). The molecule has 2 aromatic heterocycles. The third kappa shape index (κ3) is 4.41. The fourth-order valence-corrected chi connectivity index (χ4v) is 3.79. The fourth-order valence-electron chi connectivity index (χ4n) is 3.04. The number of hydrogen-bond acceptors (Lipinski definition) is 5. The molecule has 1 aliphatic rings. The zero-order chi connectivity index (χ0) is 16.1. The van der Waals surface area contributed by atoms with Crippen molar-refractivity contribution in [2.75, 3.05) is 13.1 Å². The van der Waals surface area contributed by atoms with Crippen molar-refractivity contribution in [1.82, 2.24) is 15.1 Å². The molecule has 3 heterocycles. The molecule has 1 saturated heterocycles. The molecule has 23 heavy (non-hydrogen) atoms. The van der Waals surface area contributed by atoms with Crippen LogP contribution < -0.4 is 0 Å². The second-order valence-corrected chi connectivity index (χ2v) is 7.13. The van der Waals surface area contributed by atoms with Crippen LogP contribution in [-0.2, 0) is 11.2 Å². The number of aromatic nitrogens is 2. The lowest BCUT2D eigenvalue weighted by atomic mass is 9.96. The van der Waals surface area contributed by atoms with Gasteiger partial charge in [0.05, 0.1) is 0 Å². The Morgan fingerprint density at radius 3 is 2.83 bits per heavy atom. The number of amides is 1. The van der Waals surface area contributed by atoms with Crippen LogP contribution in [0.15, 0.2) is 21.9 Å². The number of piperidine rings is 1. The molecule has 0 N–H and O–H groups in total. The summed E-state index contributed by atoms with van der Waals surface area (Å²) >= 11 is 1.79. The molecular formula is C17H23N3O2S. The Balaban J connectivity index is 1.36. The van der Waals surface area contributed by atoms with E-state index in [4.69, 9.17) is 4.42 Å². The maximum Gasteiger partial charge on any atom is 0.222 e. The van der Waals surface area contributed by atoms with E-state index in [1.807, 2.05) is 11.8 Å². The van der Waals surface area contributed by atoms with Gasteiger partial charge in [-0.05, 0) is 43.6 Å². The molecular weight excluding hydrogens is 310 g/mol. The third-order valence-electron chi connectivity index (χ3n) is 4.38. The minimum atomic E-state index is 0.288. The Kier molecular flexibility index (Phi) is 5.43. The smallest absolute Gasteiger partial charge is 0.222 e. The summed E-state index contributed by atoms with van der Waals surface area (Å²) in [6, 6.07) is 4.25. The lowest BCUT2D eigenvalue weighted by Gasteiger charge is -2.30. The van der Waals surface area contributed by atoms with Gasteiger partial charge in [-0.3, -0.25) is 4.79 Å². The lowest BCUT2D eigenvalue weighted by Crippen LogP contribution is -2.37. The van der Waals surface area contributed by atoms with Crippen molar-refractivity contribution in [2.45, 2.75) is 51.4 Å². The Morgan fingerprint density at radius 2 is 2.17 bits per heavy atom. The summed E-state index contributed by atoms with van der Waals surface area (Å²) in [5, 5.41) is 10.1. The molecule has 1 aliphatic heterocycles. The number of nitrogens with zero attached hydrogens (tertiary/aromatic N) is 3. The molecule has 0 aliphatic carbocycles. The summed E-state index contributed by atoms with van der Waals surface area (Å²) in [5.74, 6) is 1.94. The maximum absolute atomic E-state index is 12.3. The van der Waals surface area contributed by atoms with Crippen LogP contribution in [0.3, 0.4) is 0 Å². The Bertz CT molecular complexity index is 616. The number of likely N-dealkylation sites (tertiary alicyclic amines) is 1. The van der Waals surface area contributed by atoms with Crippen molar-refractivity contribution >= 4 is 17.2 Å². The molecule has 0 radical (unpaired) electrons. The molecule has 0 saturated carbocycles. The molecule has 0 aromatic carbocycles. The summed E-state index contributed by atoms with van der Waals surface area (Å²) in [4.78, 5) is 15.7. The van der Waals surface area contributed by atoms with Gasteiger partial charge in [-0.1, -0.05) is 6.07 Å². The van der Waals surface area contributed by atoms with Crippen LogP contribution in [-0.4, -0.2) is 34.1 Å². The molecule has 5 nitrogen and oxygen atoms in total. The number of aryl methyl sites for hydroxylation is 2. The van der Waals surface area contributed by atoms with Gasteiger partial charge >= 0.3 is 0 Å². The Labute approximate surface area is 140 Å². The average molecular weight is 333 g/mol. The average Bonchev–Trinajstić information content (AvgIpc) is 3.23. The van der Waals surface area contributed by atoms with E-state index in [0.717, 1.165) is 51.1 Å². The van der Waals surface area contributed by atoms with Crippen LogP contribution in [0.1, 0.15) is 54.7 Å². The van der Waals surface area contributed by atoms with E-state index in [0.29, 0.717) is 18.2 Å². The number of carbonyl (C=O) groups excluding carboxylic acids is 1. The van der Waals surface area contributed by atoms with Crippen LogP contribution >= 0.6 is 11.3 Å². The van der Waals surface area contributed by atoms with Gasteiger partial charge in [0.1, 0.15) is 0 Å². The first-order chi connectivity index (χ1) is 11.2. The van der Waals surface area contributed by atoms with Crippen molar-refractivity contribution in [3.63, 3.8) is 0 Å². The van der Waals surface area contributed by atoms with Gasteiger partial charge in [-0.15, -0.1) is 21.5 Å². The molecule has 0 atom stereocenters. The second-order valence-electron chi connectivity index (χ2n) is 6.10. The highest BCUT2D eigenvalue weighted by molar-refractivity contribution is 7.09. The Hall–Kier alpha value is -1.69. The molecule has 0 spiro atoms. The monoisotopic (exact) mass is 333 g/mol. The molecule has 0 unspecified atom stereocenters. The summed E-state index contributed by atoms with van der Waals surface area (Å²) in [6.45, 7) is 3.41. The van der Waals surface area contributed by atoms with Gasteiger partial charge in [0.2, 0.25) is 17.7 Å². The van der Waals surface area contributed by atoms with Crippen LogP contribution in [0, 0.1) is 6.92 Å². The second kappa shape index (κ2) is 7.73. The number of unbranched alkanes of at least 4 members (excludes halogenated alkanes) is 1. The van der Waals surface area contributed by atoms with Gasteiger partial charge in [0.15, 0.2) is 0 Å². The normalized spacial score (nSPS) is 16.0. The topological polar surface area (TPSA) is 59.2 Å². The first-order valence-electron chi connectivity index (χ1n) is 8.32. The van der Waals surface area contributed by atoms with Gasteiger partial charge in [-0.2, -0.15) is 0 Å². The van der Waals surface area contributed by atoms with Gasteiger partial charge in [0, 0.05) is 37.2 Å². The van der Waals surface area contributed by atoms with E-state index in [9.17, 15) is 4.79 Å². The van der Waals surface area contributed by atoms with E-state index in [1.165, 1.54) is 4.88 Å². The summed E-state index contributed by atoms with van der Waals surface area (Å²) < 4.78 is 5.51. The highest BCUT2D eigenvalue weighted by Crippen LogP contribution is 2.27. The zero-order valence-electron chi connectivity index (χ0n) is 13.5. The SMILES string of the molecule is Cc1nnc(C2CCN(C(=O)CCCCc3cccs3)CC2)o1. The minimum Gasteiger partial charge on any atom is -0.425 e. The lowest BCUT2D eigenvalue weighted by molar-refractivity contribution is -0.132. The highest BCUT2D eigenvalue weighted by Gasteiger charge is 2.26. The summed E-state index contributed by atoms with van der Waals surface area (Å²) in [5.41, 5.74) is 0. The molecule has 1 amide bonds. The summed E-state index contributed by atoms with van der Waals surface area (Å²) in [7, 11) is 0. The molecule has 2 aromatic rings. The predicted molar refractivity (Wildman–Crippen MR) is 89.5 cm³/mol. The van der Waals surface area contributed by atoms with E-state index >= 15 is 0 Å². The highest BCUT2D eigenvalue weighted by atomic mass is 32.1. The van der Waals surface area contributed by atoms with Crippen LogP contribution in [0.25, 0.3) is 0 Å². The zero-order valence-corrected chi connectivity index (χ0v) is 14.3. The quantitative estimate of drug-likeness (QED) is 0.759. The van der Waals surface area contributed by atoms with Gasteiger partial charge < -0.3 is 9.32 Å². The van der Waals surface area contributed by atoms with Crippen molar-refractivity contribution < 1.29 is 9.21 Å². The maximum atomic E-state index is 12.3. The fraction of sp³-hybridized carbons (Fsp3) is 0.588. The molecule has 0 bridgehead atoms.